The highest BCUT2D eigenvalue weighted by molar-refractivity contribution is 8.15. The molecule has 6 heteroatoms. The van der Waals surface area contributed by atoms with Gasteiger partial charge in [0.2, 0.25) is 5.91 Å². The highest BCUT2D eigenvalue weighted by atomic mass is 32.2. The number of carbonyl (C=O) groups is 1. The zero-order valence-electron chi connectivity index (χ0n) is 17.9. The number of ether oxygens (including phenoxy) is 2. The number of nitrogens with zero attached hydrogens (tertiary/aromatic N) is 2. The molecule has 1 saturated heterocycles. The van der Waals surface area contributed by atoms with Gasteiger partial charge in [0.05, 0.1) is 30.7 Å². The molecule has 0 bridgehead atoms. The van der Waals surface area contributed by atoms with Crippen LogP contribution in [0.4, 0.5) is 0 Å². The number of benzene rings is 3. The SMILES string of the molecule is COc1ccc(C2C3=C(N=C4SC(C)C(=O)N42)c2ccc4ccccc4c2OCC3)cc1. The Morgan fingerprint density at radius 3 is 2.72 bits per heavy atom. The summed E-state index contributed by atoms with van der Waals surface area (Å²) in [5.74, 6) is 1.77. The van der Waals surface area contributed by atoms with Crippen molar-refractivity contribution in [1.82, 2.24) is 4.90 Å². The smallest absolute Gasteiger partial charge is 0.242 e. The number of amides is 1. The molecular formula is C26H22N2O3S. The number of hydrogen-bond acceptors (Lipinski definition) is 5. The molecule has 0 spiro atoms. The molecule has 0 aromatic heterocycles. The number of aliphatic imine (C=N–C) groups is 1. The summed E-state index contributed by atoms with van der Waals surface area (Å²) >= 11 is 1.53. The highest BCUT2D eigenvalue weighted by Gasteiger charge is 2.45. The number of thioether (sulfide) groups is 1. The molecule has 3 aromatic rings. The number of methoxy groups -OCH3 is 1. The van der Waals surface area contributed by atoms with Gasteiger partial charge in [-0.2, -0.15) is 0 Å². The molecule has 3 aliphatic rings. The van der Waals surface area contributed by atoms with E-state index in [1.807, 2.05) is 48.2 Å². The molecular weight excluding hydrogens is 420 g/mol. The average molecular weight is 443 g/mol. The fraction of sp³-hybridized carbons (Fsp3) is 0.231. The van der Waals surface area contributed by atoms with Crippen LogP contribution in [0.3, 0.4) is 0 Å². The van der Waals surface area contributed by atoms with E-state index in [2.05, 4.69) is 24.3 Å². The first-order chi connectivity index (χ1) is 15.7. The summed E-state index contributed by atoms with van der Waals surface area (Å²) in [7, 11) is 1.66. The first kappa shape index (κ1) is 19.4. The van der Waals surface area contributed by atoms with Crippen molar-refractivity contribution in [1.29, 1.82) is 0 Å². The van der Waals surface area contributed by atoms with Crippen molar-refractivity contribution in [3.05, 3.63) is 77.4 Å². The Kier molecular flexibility index (Phi) is 4.50. The van der Waals surface area contributed by atoms with Crippen LogP contribution in [0.2, 0.25) is 0 Å². The summed E-state index contributed by atoms with van der Waals surface area (Å²) in [4.78, 5) is 20.1. The van der Waals surface area contributed by atoms with E-state index in [1.165, 1.54) is 11.8 Å². The molecule has 5 nitrogen and oxygen atoms in total. The van der Waals surface area contributed by atoms with Crippen LogP contribution < -0.4 is 9.47 Å². The zero-order chi connectivity index (χ0) is 21.8. The third-order valence-electron chi connectivity index (χ3n) is 6.36. The zero-order valence-corrected chi connectivity index (χ0v) is 18.7. The second-order valence-electron chi connectivity index (χ2n) is 8.17. The summed E-state index contributed by atoms with van der Waals surface area (Å²) in [5, 5.41) is 2.85. The third kappa shape index (κ3) is 2.86. The minimum atomic E-state index is -0.200. The minimum Gasteiger partial charge on any atom is -0.497 e. The van der Waals surface area contributed by atoms with Crippen LogP contribution in [0.25, 0.3) is 16.5 Å². The standard InChI is InChI=1S/C26H22N2O3S/c1-15-25(29)28-23(17-7-10-18(30-2)11-8-17)20-13-14-31-24-19-6-4-3-5-16(19)9-12-21(24)22(20)27-26(28)32-15/h3-12,15,23H,13-14H2,1-2H3. The van der Waals surface area contributed by atoms with Crippen LogP contribution in [0.1, 0.15) is 30.5 Å². The number of carbonyl (C=O) groups excluding carboxylic acids is 1. The van der Waals surface area contributed by atoms with Crippen molar-refractivity contribution in [3.63, 3.8) is 0 Å². The monoisotopic (exact) mass is 442 g/mol. The normalized spacial score (nSPS) is 22.0. The topological polar surface area (TPSA) is 51.1 Å². The van der Waals surface area contributed by atoms with Gasteiger partial charge in [0.15, 0.2) is 5.17 Å². The van der Waals surface area contributed by atoms with Gasteiger partial charge in [0.1, 0.15) is 11.5 Å². The lowest BCUT2D eigenvalue weighted by atomic mass is 9.90. The quantitative estimate of drug-likeness (QED) is 0.532. The van der Waals surface area contributed by atoms with E-state index in [0.29, 0.717) is 13.0 Å². The number of amidine groups is 1. The Morgan fingerprint density at radius 2 is 1.91 bits per heavy atom. The van der Waals surface area contributed by atoms with Crippen LogP contribution in [0.5, 0.6) is 11.5 Å². The van der Waals surface area contributed by atoms with Gasteiger partial charge in [-0.05, 0) is 41.6 Å². The lowest BCUT2D eigenvalue weighted by Gasteiger charge is -2.34. The maximum absolute atomic E-state index is 13.2. The molecule has 2 atom stereocenters. The minimum absolute atomic E-state index is 0.102. The highest BCUT2D eigenvalue weighted by Crippen LogP contribution is 2.49. The molecule has 3 heterocycles. The fourth-order valence-electron chi connectivity index (χ4n) is 4.80. The molecule has 6 rings (SSSR count). The van der Waals surface area contributed by atoms with Crippen LogP contribution >= 0.6 is 11.8 Å². The summed E-state index contributed by atoms with van der Waals surface area (Å²) < 4.78 is 11.7. The van der Waals surface area contributed by atoms with Crippen molar-refractivity contribution < 1.29 is 14.3 Å². The molecule has 1 amide bonds. The van der Waals surface area contributed by atoms with Crippen LogP contribution in [-0.2, 0) is 4.79 Å². The molecule has 3 aliphatic heterocycles. The molecule has 0 saturated carbocycles. The molecule has 0 radical (unpaired) electrons. The van der Waals surface area contributed by atoms with Crippen molar-refractivity contribution in [2.24, 2.45) is 4.99 Å². The van der Waals surface area contributed by atoms with E-state index in [1.54, 1.807) is 7.11 Å². The Bertz CT molecular complexity index is 1310. The Balaban J connectivity index is 1.59. The second kappa shape index (κ2) is 7.41. The van der Waals surface area contributed by atoms with E-state index in [4.69, 9.17) is 14.5 Å². The molecule has 3 aromatic carbocycles. The largest absolute Gasteiger partial charge is 0.497 e. The maximum Gasteiger partial charge on any atom is 0.242 e. The Morgan fingerprint density at radius 1 is 1.09 bits per heavy atom. The summed E-state index contributed by atoms with van der Waals surface area (Å²) in [6, 6.07) is 20.3. The first-order valence-electron chi connectivity index (χ1n) is 10.8. The van der Waals surface area contributed by atoms with Crippen LogP contribution in [0, 0.1) is 0 Å². The van der Waals surface area contributed by atoms with Gasteiger partial charge in [-0.1, -0.05) is 54.2 Å². The van der Waals surface area contributed by atoms with E-state index in [-0.39, 0.29) is 17.2 Å². The fourth-order valence-corrected chi connectivity index (χ4v) is 5.78. The van der Waals surface area contributed by atoms with E-state index in [9.17, 15) is 4.79 Å². The van der Waals surface area contributed by atoms with Gasteiger partial charge in [-0.3, -0.25) is 9.69 Å². The predicted molar refractivity (Wildman–Crippen MR) is 128 cm³/mol. The lowest BCUT2D eigenvalue weighted by Crippen LogP contribution is -2.38. The maximum atomic E-state index is 13.2. The lowest BCUT2D eigenvalue weighted by molar-refractivity contribution is -0.127. The van der Waals surface area contributed by atoms with Gasteiger partial charge in [-0.25, -0.2) is 4.99 Å². The van der Waals surface area contributed by atoms with Gasteiger partial charge >= 0.3 is 0 Å². The van der Waals surface area contributed by atoms with Crippen molar-refractivity contribution >= 4 is 39.3 Å². The van der Waals surface area contributed by atoms with Gasteiger partial charge in [-0.15, -0.1) is 0 Å². The Hall–Kier alpha value is -3.25. The van der Waals surface area contributed by atoms with Crippen molar-refractivity contribution in [2.75, 3.05) is 13.7 Å². The average Bonchev–Trinajstić information content (AvgIpc) is 3.00. The number of hydrogen-bond donors (Lipinski definition) is 0. The second-order valence-corrected chi connectivity index (χ2v) is 9.48. The van der Waals surface area contributed by atoms with E-state index >= 15 is 0 Å². The van der Waals surface area contributed by atoms with Gasteiger partial charge in [0.25, 0.3) is 0 Å². The first-order valence-corrected chi connectivity index (χ1v) is 11.6. The van der Waals surface area contributed by atoms with Gasteiger partial charge in [0, 0.05) is 17.4 Å². The van der Waals surface area contributed by atoms with Crippen molar-refractivity contribution in [3.8, 4) is 11.5 Å². The van der Waals surface area contributed by atoms with Crippen LogP contribution in [-0.4, -0.2) is 34.9 Å². The molecule has 160 valence electrons. The number of fused-ring (bicyclic) bond motifs is 5. The number of rotatable bonds is 2. The molecule has 0 aliphatic carbocycles. The van der Waals surface area contributed by atoms with E-state index in [0.717, 1.165) is 49.8 Å². The summed E-state index contributed by atoms with van der Waals surface area (Å²) in [6.45, 7) is 2.50. The molecule has 1 fully saturated rings. The Labute approximate surface area is 190 Å². The summed E-state index contributed by atoms with van der Waals surface area (Å²) in [5.41, 5.74) is 4.10. The molecule has 2 unspecified atom stereocenters. The predicted octanol–water partition coefficient (Wildman–Crippen LogP) is 5.42. The summed E-state index contributed by atoms with van der Waals surface area (Å²) in [6.07, 6.45) is 0.703. The van der Waals surface area contributed by atoms with Crippen molar-refractivity contribution in [2.45, 2.75) is 24.6 Å². The molecule has 0 N–H and O–H groups in total. The van der Waals surface area contributed by atoms with Crippen LogP contribution in [0.15, 0.2) is 71.2 Å². The molecule has 32 heavy (non-hydrogen) atoms. The third-order valence-corrected chi connectivity index (χ3v) is 7.41. The van der Waals surface area contributed by atoms with E-state index < -0.39 is 0 Å². The van der Waals surface area contributed by atoms with Gasteiger partial charge < -0.3 is 9.47 Å².